The molecule has 0 heterocycles. The molecule has 104 valence electrons. The molecule has 2 rings (SSSR count). The molecular weight excluding hydrogens is 246 g/mol. The van der Waals surface area contributed by atoms with Crippen molar-refractivity contribution in [2.24, 2.45) is 0 Å². The van der Waals surface area contributed by atoms with Gasteiger partial charge in [-0.2, -0.15) is 0 Å². The summed E-state index contributed by atoms with van der Waals surface area (Å²) < 4.78 is 5.72. The van der Waals surface area contributed by atoms with Gasteiger partial charge in [0.05, 0.1) is 13.2 Å². The Balaban J connectivity index is 1.72. The van der Waals surface area contributed by atoms with Crippen molar-refractivity contribution in [1.82, 2.24) is 0 Å². The lowest BCUT2D eigenvalue weighted by molar-refractivity contribution is 0.127. The van der Waals surface area contributed by atoms with Crippen LogP contribution in [0.25, 0.3) is 6.08 Å². The van der Waals surface area contributed by atoms with Gasteiger partial charge in [0.25, 0.3) is 0 Å². The first kappa shape index (κ1) is 14.4. The molecule has 0 amide bonds. The zero-order valence-electron chi connectivity index (χ0n) is 12.0. The molecule has 2 aromatic rings. The largest absolute Gasteiger partial charge is 0.375 e. The Morgan fingerprint density at radius 3 is 2.40 bits per heavy atom. The third kappa shape index (κ3) is 4.25. The predicted octanol–water partition coefficient (Wildman–Crippen LogP) is 3.98. The standard InChI is InChI=1S/C18H21NO/c1-3-16-9-11-17(12-10-16)15-20-14-13-19(2)18-7-5-4-6-8-18/h3-12H,1,13-15H2,2H3. The van der Waals surface area contributed by atoms with E-state index < -0.39 is 0 Å². The van der Waals surface area contributed by atoms with E-state index in [9.17, 15) is 0 Å². The summed E-state index contributed by atoms with van der Waals surface area (Å²) in [4.78, 5) is 2.20. The number of para-hydroxylation sites is 1. The van der Waals surface area contributed by atoms with Gasteiger partial charge in [0.1, 0.15) is 0 Å². The Labute approximate surface area is 121 Å². The van der Waals surface area contributed by atoms with Gasteiger partial charge in [-0.15, -0.1) is 0 Å². The molecular formula is C18H21NO. The molecule has 0 aliphatic carbocycles. The molecule has 0 saturated carbocycles. The van der Waals surface area contributed by atoms with Crippen LogP contribution in [0.4, 0.5) is 5.69 Å². The summed E-state index contributed by atoms with van der Waals surface area (Å²) in [7, 11) is 2.08. The fourth-order valence-corrected chi connectivity index (χ4v) is 1.95. The average molecular weight is 267 g/mol. The Bertz CT molecular complexity index is 519. The van der Waals surface area contributed by atoms with E-state index in [1.54, 1.807) is 0 Å². The minimum absolute atomic E-state index is 0.653. The molecule has 0 fully saturated rings. The number of benzene rings is 2. The first-order chi connectivity index (χ1) is 9.79. The third-order valence-electron chi connectivity index (χ3n) is 3.25. The van der Waals surface area contributed by atoms with Crippen molar-refractivity contribution < 1.29 is 4.74 Å². The molecule has 0 spiro atoms. The monoisotopic (exact) mass is 267 g/mol. The second-order valence-electron chi connectivity index (χ2n) is 4.76. The van der Waals surface area contributed by atoms with Gasteiger partial charge in [0, 0.05) is 19.3 Å². The lowest BCUT2D eigenvalue weighted by atomic mass is 10.1. The Hall–Kier alpha value is -2.06. The minimum atomic E-state index is 0.653. The highest BCUT2D eigenvalue weighted by Gasteiger charge is 1.99. The molecule has 0 radical (unpaired) electrons. The number of nitrogens with zero attached hydrogens (tertiary/aromatic N) is 1. The van der Waals surface area contributed by atoms with E-state index in [0.717, 1.165) is 12.1 Å². The van der Waals surface area contributed by atoms with Crippen LogP contribution in [-0.2, 0) is 11.3 Å². The van der Waals surface area contributed by atoms with Crippen LogP contribution in [0.5, 0.6) is 0 Å². The number of hydrogen-bond acceptors (Lipinski definition) is 2. The SMILES string of the molecule is C=Cc1ccc(COCCN(C)c2ccccc2)cc1. The van der Waals surface area contributed by atoms with Gasteiger partial charge >= 0.3 is 0 Å². The maximum absolute atomic E-state index is 5.72. The average Bonchev–Trinajstić information content (AvgIpc) is 2.53. The van der Waals surface area contributed by atoms with Crippen LogP contribution >= 0.6 is 0 Å². The number of likely N-dealkylation sites (N-methyl/N-ethyl adjacent to an activating group) is 1. The first-order valence-corrected chi connectivity index (χ1v) is 6.85. The smallest absolute Gasteiger partial charge is 0.0717 e. The molecule has 2 heteroatoms. The first-order valence-electron chi connectivity index (χ1n) is 6.85. The van der Waals surface area contributed by atoms with Gasteiger partial charge in [-0.25, -0.2) is 0 Å². The zero-order chi connectivity index (χ0) is 14.2. The van der Waals surface area contributed by atoms with Gasteiger partial charge < -0.3 is 9.64 Å². The van der Waals surface area contributed by atoms with Crippen molar-refractivity contribution in [1.29, 1.82) is 0 Å². The van der Waals surface area contributed by atoms with Crippen molar-refractivity contribution in [3.8, 4) is 0 Å². The second kappa shape index (κ2) is 7.51. The van der Waals surface area contributed by atoms with Crippen LogP contribution in [0.15, 0.2) is 61.2 Å². The fourth-order valence-electron chi connectivity index (χ4n) is 1.95. The zero-order valence-corrected chi connectivity index (χ0v) is 12.0. The number of hydrogen-bond donors (Lipinski definition) is 0. The van der Waals surface area contributed by atoms with Gasteiger partial charge in [-0.1, -0.05) is 55.1 Å². The molecule has 20 heavy (non-hydrogen) atoms. The van der Waals surface area contributed by atoms with E-state index in [1.807, 2.05) is 24.3 Å². The maximum Gasteiger partial charge on any atom is 0.0717 e. The van der Waals surface area contributed by atoms with Crippen LogP contribution in [-0.4, -0.2) is 20.2 Å². The summed E-state index contributed by atoms with van der Waals surface area (Å²) >= 11 is 0. The van der Waals surface area contributed by atoms with Gasteiger partial charge in [-0.05, 0) is 23.3 Å². The molecule has 0 N–H and O–H groups in total. The van der Waals surface area contributed by atoms with Crippen molar-refractivity contribution in [3.05, 3.63) is 72.3 Å². The number of rotatable bonds is 7. The van der Waals surface area contributed by atoms with Gasteiger partial charge in [0.2, 0.25) is 0 Å². The summed E-state index contributed by atoms with van der Waals surface area (Å²) in [5.41, 5.74) is 3.54. The van der Waals surface area contributed by atoms with Crippen molar-refractivity contribution in [3.63, 3.8) is 0 Å². The fraction of sp³-hybridized carbons (Fsp3) is 0.222. The minimum Gasteiger partial charge on any atom is -0.375 e. The third-order valence-corrected chi connectivity index (χ3v) is 3.25. The molecule has 0 aromatic heterocycles. The molecule has 0 aliphatic rings. The lowest BCUT2D eigenvalue weighted by Gasteiger charge is -2.19. The van der Waals surface area contributed by atoms with E-state index in [1.165, 1.54) is 11.3 Å². The van der Waals surface area contributed by atoms with Crippen molar-refractivity contribution in [2.45, 2.75) is 6.61 Å². The number of ether oxygens (including phenoxy) is 1. The Morgan fingerprint density at radius 2 is 1.75 bits per heavy atom. The molecule has 0 aliphatic heterocycles. The maximum atomic E-state index is 5.72. The quantitative estimate of drug-likeness (QED) is 0.703. The van der Waals surface area contributed by atoms with E-state index in [2.05, 4.69) is 54.9 Å². The molecule has 0 atom stereocenters. The highest BCUT2D eigenvalue weighted by Crippen LogP contribution is 2.10. The van der Waals surface area contributed by atoms with Crippen molar-refractivity contribution in [2.75, 3.05) is 25.1 Å². The Morgan fingerprint density at radius 1 is 1.05 bits per heavy atom. The number of anilines is 1. The van der Waals surface area contributed by atoms with E-state index in [0.29, 0.717) is 13.2 Å². The second-order valence-corrected chi connectivity index (χ2v) is 4.76. The van der Waals surface area contributed by atoms with E-state index >= 15 is 0 Å². The molecule has 0 saturated heterocycles. The molecule has 2 aromatic carbocycles. The molecule has 0 bridgehead atoms. The summed E-state index contributed by atoms with van der Waals surface area (Å²) in [6.07, 6.45) is 1.85. The van der Waals surface area contributed by atoms with E-state index in [4.69, 9.17) is 4.74 Å². The summed E-state index contributed by atoms with van der Waals surface area (Å²) in [6.45, 7) is 6.00. The van der Waals surface area contributed by atoms with Crippen LogP contribution in [0.1, 0.15) is 11.1 Å². The lowest BCUT2D eigenvalue weighted by Crippen LogP contribution is -2.22. The normalized spacial score (nSPS) is 10.2. The molecule has 2 nitrogen and oxygen atoms in total. The van der Waals surface area contributed by atoms with Crippen LogP contribution < -0.4 is 4.90 Å². The van der Waals surface area contributed by atoms with Crippen LogP contribution in [0, 0.1) is 0 Å². The van der Waals surface area contributed by atoms with Crippen molar-refractivity contribution >= 4 is 11.8 Å². The Kier molecular flexibility index (Phi) is 5.39. The van der Waals surface area contributed by atoms with Gasteiger partial charge in [0.15, 0.2) is 0 Å². The highest BCUT2D eigenvalue weighted by molar-refractivity contribution is 5.47. The summed E-state index contributed by atoms with van der Waals surface area (Å²) in [6, 6.07) is 18.6. The topological polar surface area (TPSA) is 12.5 Å². The van der Waals surface area contributed by atoms with Crippen LogP contribution in [0.3, 0.4) is 0 Å². The highest BCUT2D eigenvalue weighted by atomic mass is 16.5. The predicted molar refractivity (Wildman–Crippen MR) is 85.9 cm³/mol. The van der Waals surface area contributed by atoms with E-state index in [-0.39, 0.29) is 0 Å². The molecule has 0 unspecified atom stereocenters. The summed E-state index contributed by atoms with van der Waals surface area (Å²) in [5, 5.41) is 0. The summed E-state index contributed by atoms with van der Waals surface area (Å²) in [5.74, 6) is 0. The van der Waals surface area contributed by atoms with Crippen LogP contribution in [0.2, 0.25) is 0 Å². The van der Waals surface area contributed by atoms with Gasteiger partial charge in [-0.3, -0.25) is 0 Å².